The third kappa shape index (κ3) is 4.57. The first-order chi connectivity index (χ1) is 7.20. The van der Waals surface area contributed by atoms with Gasteiger partial charge in [-0.1, -0.05) is 65.7 Å². The maximum Gasteiger partial charge on any atom is -0.0323 e. The molecule has 0 aromatic carbocycles. The highest BCUT2D eigenvalue weighted by molar-refractivity contribution is 4.85. The summed E-state index contributed by atoms with van der Waals surface area (Å²) >= 11 is 0. The van der Waals surface area contributed by atoms with Gasteiger partial charge < -0.3 is 0 Å². The van der Waals surface area contributed by atoms with Crippen molar-refractivity contribution in [1.82, 2.24) is 0 Å². The largest absolute Gasteiger partial charge is 0.0654 e. The van der Waals surface area contributed by atoms with Crippen LogP contribution >= 0.6 is 0 Å². The van der Waals surface area contributed by atoms with E-state index in [1.165, 1.54) is 64.2 Å². The lowest BCUT2D eigenvalue weighted by Gasteiger charge is -2.41. The summed E-state index contributed by atoms with van der Waals surface area (Å²) < 4.78 is 0. The van der Waals surface area contributed by atoms with Crippen LogP contribution in [0.4, 0.5) is 0 Å². The molecular weight excluding hydrogens is 180 g/mol. The fraction of sp³-hybridized carbons (Fsp3) is 1.00. The minimum Gasteiger partial charge on any atom is -0.0654 e. The molecule has 0 saturated heterocycles. The van der Waals surface area contributed by atoms with Gasteiger partial charge in [0.1, 0.15) is 0 Å². The molecule has 0 amide bonds. The predicted molar refractivity (Wildman–Crippen MR) is 69.1 cm³/mol. The fourth-order valence-corrected chi connectivity index (χ4v) is 3.12. The van der Waals surface area contributed by atoms with E-state index in [-0.39, 0.29) is 0 Å². The fourth-order valence-electron chi connectivity index (χ4n) is 3.12. The van der Waals surface area contributed by atoms with E-state index >= 15 is 0 Å². The van der Waals surface area contributed by atoms with Crippen LogP contribution in [-0.4, -0.2) is 0 Å². The lowest BCUT2D eigenvalue weighted by atomic mass is 9.65. The second-order valence-corrected chi connectivity index (χ2v) is 6.02. The standard InChI is InChI=1S/C15H30/c1-4-6-7-10-14(9-5-2)13-15(3)11-8-12-15/h14H,4-13H2,1-3H3. The van der Waals surface area contributed by atoms with Crippen molar-refractivity contribution >= 4 is 0 Å². The van der Waals surface area contributed by atoms with Crippen molar-refractivity contribution in [2.24, 2.45) is 11.3 Å². The van der Waals surface area contributed by atoms with E-state index in [2.05, 4.69) is 20.8 Å². The van der Waals surface area contributed by atoms with Gasteiger partial charge in [-0.05, 0) is 30.6 Å². The molecule has 0 aromatic heterocycles. The summed E-state index contributed by atoms with van der Waals surface area (Å²) in [6, 6.07) is 0. The molecule has 1 unspecified atom stereocenters. The Hall–Kier alpha value is 0. The van der Waals surface area contributed by atoms with E-state index < -0.39 is 0 Å². The van der Waals surface area contributed by atoms with Crippen molar-refractivity contribution in [3.05, 3.63) is 0 Å². The molecule has 0 aromatic rings. The topological polar surface area (TPSA) is 0 Å². The van der Waals surface area contributed by atoms with Crippen molar-refractivity contribution in [3.63, 3.8) is 0 Å². The van der Waals surface area contributed by atoms with Crippen molar-refractivity contribution in [3.8, 4) is 0 Å². The third-order valence-electron chi connectivity index (χ3n) is 4.25. The first-order valence-corrected chi connectivity index (χ1v) is 7.20. The van der Waals surface area contributed by atoms with E-state index in [4.69, 9.17) is 0 Å². The van der Waals surface area contributed by atoms with Crippen LogP contribution in [-0.2, 0) is 0 Å². The number of rotatable bonds is 8. The molecule has 1 saturated carbocycles. The highest BCUT2D eigenvalue weighted by atomic mass is 14.4. The first-order valence-electron chi connectivity index (χ1n) is 7.20. The zero-order valence-electron chi connectivity index (χ0n) is 11.1. The Morgan fingerprint density at radius 2 is 1.73 bits per heavy atom. The predicted octanol–water partition coefficient (Wildman–Crippen LogP) is 5.56. The Bertz CT molecular complexity index is 155. The molecular formula is C15H30. The van der Waals surface area contributed by atoms with Gasteiger partial charge in [0, 0.05) is 0 Å². The van der Waals surface area contributed by atoms with Crippen molar-refractivity contribution in [2.45, 2.75) is 85.0 Å². The lowest BCUT2D eigenvalue weighted by molar-refractivity contribution is 0.110. The Morgan fingerprint density at radius 1 is 1.00 bits per heavy atom. The van der Waals surface area contributed by atoms with Crippen LogP contribution in [0.3, 0.4) is 0 Å². The zero-order valence-corrected chi connectivity index (χ0v) is 11.1. The Kier molecular flexibility index (Phi) is 5.71. The minimum atomic E-state index is 0.742. The van der Waals surface area contributed by atoms with E-state index in [0.29, 0.717) is 0 Å². The molecule has 0 aliphatic heterocycles. The van der Waals surface area contributed by atoms with Crippen LogP contribution in [0.5, 0.6) is 0 Å². The summed E-state index contributed by atoms with van der Waals surface area (Å²) in [6.45, 7) is 7.16. The quantitative estimate of drug-likeness (QED) is 0.460. The molecule has 1 fully saturated rings. The van der Waals surface area contributed by atoms with Gasteiger partial charge in [-0.2, -0.15) is 0 Å². The lowest BCUT2D eigenvalue weighted by Crippen LogP contribution is -2.28. The third-order valence-corrected chi connectivity index (χ3v) is 4.25. The van der Waals surface area contributed by atoms with Crippen molar-refractivity contribution in [2.75, 3.05) is 0 Å². The second kappa shape index (κ2) is 6.55. The Morgan fingerprint density at radius 3 is 2.20 bits per heavy atom. The Labute approximate surface area is 96.8 Å². The average Bonchev–Trinajstić information content (AvgIpc) is 2.16. The average molecular weight is 210 g/mol. The summed E-state index contributed by atoms with van der Waals surface area (Å²) in [5.74, 6) is 1.03. The van der Waals surface area contributed by atoms with Gasteiger partial charge in [-0.15, -0.1) is 0 Å². The first kappa shape index (κ1) is 13.1. The smallest absolute Gasteiger partial charge is 0.0323 e. The molecule has 0 radical (unpaired) electrons. The van der Waals surface area contributed by atoms with Crippen molar-refractivity contribution in [1.29, 1.82) is 0 Å². The van der Waals surface area contributed by atoms with Gasteiger partial charge in [0.25, 0.3) is 0 Å². The summed E-state index contributed by atoms with van der Waals surface area (Å²) in [5.41, 5.74) is 0.742. The van der Waals surface area contributed by atoms with Gasteiger partial charge in [0.2, 0.25) is 0 Å². The molecule has 1 aliphatic carbocycles. The molecule has 15 heavy (non-hydrogen) atoms. The van der Waals surface area contributed by atoms with Gasteiger partial charge in [-0.25, -0.2) is 0 Å². The van der Waals surface area contributed by atoms with E-state index in [0.717, 1.165) is 11.3 Å². The molecule has 90 valence electrons. The molecule has 0 spiro atoms. The maximum atomic E-state index is 2.51. The molecule has 0 nitrogen and oxygen atoms in total. The molecule has 1 atom stereocenters. The SMILES string of the molecule is CCCCCC(CCC)CC1(C)CCC1. The Balaban J connectivity index is 2.22. The van der Waals surface area contributed by atoms with Crippen molar-refractivity contribution < 1.29 is 0 Å². The van der Waals surface area contributed by atoms with Crippen LogP contribution < -0.4 is 0 Å². The number of hydrogen-bond donors (Lipinski definition) is 0. The molecule has 0 bridgehead atoms. The summed E-state index contributed by atoms with van der Waals surface area (Å²) in [5, 5.41) is 0. The molecule has 0 heteroatoms. The number of hydrogen-bond acceptors (Lipinski definition) is 0. The monoisotopic (exact) mass is 210 g/mol. The summed E-state index contributed by atoms with van der Waals surface area (Å²) in [4.78, 5) is 0. The minimum absolute atomic E-state index is 0.742. The van der Waals surface area contributed by atoms with Gasteiger partial charge >= 0.3 is 0 Å². The van der Waals surface area contributed by atoms with Gasteiger partial charge in [0.15, 0.2) is 0 Å². The summed E-state index contributed by atoms with van der Waals surface area (Å²) in [6.07, 6.45) is 14.6. The van der Waals surface area contributed by atoms with Crippen LogP contribution in [0.15, 0.2) is 0 Å². The molecule has 0 heterocycles. The van der Waals surface area contributed by atoms with Gasteiger partial charge in [0.05, 0.1) is 0 Å². The van der Waals surface area contributed by atoms with Gasteiger partial charge in [-0.3, -0.25) is 0 Å². The van der Waals surface area contributed by atoms with E-state index in [1.54, 1.807) is 0 Å². The molecule has 1 aliphatic rings. The maximum absolute atomic E-state index is 2.51. The zero-order chi connectivity index (χ0) is 11.1. The highest BCUT2D eigenvalue weighted by Gasteiger charge is 2.33. The molecule has 1 rings (SSSR count). The van der Waals surface area contributed by atoms with Crippen LogP contribution in [0, 0.1) is 11.3 Å². The van der Waals surface area contributed by atoms with Crippen LogP contribution in [0.2, 0.25) is 0 Å². The molecule has 0 N–H and O–H groups in total. The van der Waals surface area contributed by atoms with Crippen LogP contribution in [0.25, 0.3) is 0 Å². The number of unbranched alkanes of at least 4 members (excludes halogenated alkanes) is 2. The van der Waals surface area contributed by atoms with E-state index in [1.807, 2.05) is 0 Å². The van der Waals surface area contributed by atoms with E-state index in [9.17, 15) is 0 Å². The highest BCUT2D eigenvalue weighted by Crippen LogP contribution is 2.46. The van der Waals surface area contributed by atoms with Crippen LogP contribution in [0.1, 0.15) is 85.0 Å². The second-order valence-electron chi connectivity index (χ2n) is 6.02. The normalized spacial score (nSPS) is 21.0. The summed E-state index contributed by atoms with van der Waals surface area (Å²) in [7, 11) is 0.